The number of nitrogens with one attached hydrogen (secondary N) is 1. The molecule has 0 saturated carbocycles. The first-order valence-corrected chi connectivity index (χ1v) is 5.15. The number of aliphatic hydroxyl groups is 3. The minimum Gasteiger partial charge on any atom is -0.393 e. The van der Waals surface area contributed by atoms with Crippen LogP contribution in [0.15, 0.2) is 0 Å². The predicted molar refractivity (Wildman–Crippen MR) is 56.1 cm³/mol. The van der Waals surface area contributed by atoms with E-state index in [4.69, 9.17) is 5.11 Å². The van der Waals surface area contributed by atoms with Crippen molar-refractivity contribution in [3.8, 4) is 0 Å². The van der Waals surface area contributed by atoms with Crippen molar-refractivity contribution >= 4 is 0 Å². The van der Waals surface area contributed by atoms with Gasteiger partial charge in [0, 0.05) is 13.1 Å². The summed E-state index contributed by atoms with van der Waals surface area (Å²) in [5.41, 5.74) is -1.81. The van der Waals surface area contributed by atoms with E-state index in [1.165, 1.54) is 0 Å². The van der Waals surface area contributed by atoms with Crippen molar-refractivity contribution in [1.82, 2.24) is 5.32 Å². The van der Waals surface area contributed by atoms with Gasteiger partial charge in [-0.1, -0.05) is 13.8 Å². The third-order valence-corrected chi connectivity index (χ3v) is 2.62. The van der Waals surface area contributed by atoms with Gasteiger partial charge in [-0.15, -0.1) is 0 Å². The molecule has 0 bridgehead atoms. The maximum absolute atomic E-state index is 9.89. The SMILES string of the molecule is CCC(O)(CC)CNCC(C)(O)CO. The van der Waals surface area contributed by atoms with Gasteiger partial charge in [0.2, 0.25) is 0 Å². The molecule has 0 aliphatic carbocycles. The molecule has 4 N–H and O–H groups in total. The quantitative estimate of drug-likeness (QED) is 0.467. The van der Waals surface area contributed by atoms with Crippen LogP contribution in [0.25, 0.3) is 0 Å². The monoisotopic (exact) mass is 205 g/mol. The summed E-state index contributed by atoms with van der Waals surface area (Å²) in [5.74, 6) is 0. The molecule has 0 radical (unpaired) electrons. The van der Waals surface area contributed by atoms with Crippen molar-refractivity contribution in [1.29, 1.82) is 0 Å². The van der Waals surface area contributed by atoms with Gasteiger partial charge in [-0.2, -0.15) is 0 Å². The highest BCUT2D eigenvalue weighted by Gasteiger charge is 2.24. The highest BCUT2D eigenvalue weighted by Crippen LogP contribution is 2.13. The van der Waals surface area contributed by atoms with Gasteiger partial charge >= 0.3 is 0 Å². The zero-order chi connectivity index (χ0) is 11.2. The van der Waals surface area contributed by atoms with Crippen LogP contribution in [-0.2, 0) is 0 Å². The van der Waals surface area contributed by atoms with E-state index in [1.54, 1.807) is 6.92 Å². The number of hydrogen-bond acceptors (Lipinski definition) is 4. The lowest BCUT2D eigenvalue weighted by molar-refractivity contribution is -0.00947. The molecule has 0 heterocycles. The zero-order valence-electron chi connectivity index (χ0n) is 9.38. The van der Waals surface area contributed by atoms with Gasteiger partial charge in [-0.3, -0.25) is 0 Å². The lowest BCUT2D eigenvalue weighted by Gasteiger charge is -2.28. The first-order chi connectivity index (χ1) is 6.39. The number of hydrogen-bond donors (Lipinski definition) is 4. The molecule has 0 saturated heterocycles. The summed E-state index contributed by atoms with van der Waals surface area (Å²) >= 11 is 0. The number of aliphatic hydroxyl groups excluding tert-OH is 1. The Kier molecular flexibility index (Phi) is 5.59. The van der Waals surface area contributed by atoms with Gasteiger partial charge in [-0.25, -0.2) is 0 Å². The fourth-order valence-electron chi connectivity index (χ4n) is 1.12. The van der Waals surface area contributed by atoms with Gasteiger partial charge in [-0.05, 0) is 19.8 Å². The van der Waals surface area contributed by atoms with Crippen molar-refractivity contribution < 1.29 is 15.3 Å². The molecule has 86 valence electrons. The van der Waals surface area contributed by atoms with Crippen LogP contribution in [-0.4, -0.2) is 46.2 Å². The van der Waals surface area contributed by atoms with Crippen LogP contribution in [0, 0.1) is 0 Å². The summed E-state index contributed by atoms with van der Waals surface area (Å²) in [6.07, 6.45) is 1.36. The molecular formula is C10H23NO3. The summed E-state index contributed by atoms with van der Waals surface area (Å²) in [7, 11) is 0. The van der Waals surface area contributed by atoms with Gasteiger partial charge in [0.05, 0.1) is 17.8 Å². The first-order valence-electron chi connectivity index (χ1n) is 5.15. The smallest absolute Gasteiger partial charge is 0.0972 e. The summed E-state index contributed by atoms with van der Waals surface area (Å²) in [6.45, 7) is 5.85. The van der Waals surface area contributed by atoms with Crippen LogP contribution in [0.1, 0.15) is 33.6 Å². The molecule has 0 amide bonds. The molecule has 1 unspecified atom stereocenters. The highest BCUT2D eigenvalue weighted by atomic mass is 16.3. The molecule has 0 rings (SSSR count). The summed E-state index contributed by atoms with van der Waals surface area (Å²) < 4.78 is 0. The van der Waals surface area contributed by atoms with Crippen LogP contribution < -0.4 is 5.32 Å². The summed E-state index contributed by atoms with van der Waals surface area (Å²) in [5, 5.41) is 31.1. The largest absolute Gasteiger partial charge is 0.393 e. The third kappa shape index (κ3) is 4.91. The molecule has 0 aromatic heterocycles. The van der Waals surface area contributed by atoms with Crippen LogP contribution in [0.4, 0.5) is 0 Å². The van der Waals surface area contributed by atoms with Crippen molar-refractivity contribution in [2.45, 2.75) is 44.8 Å². The van der Waals surface area contributed by atoms with Crippen molar-refractivity contribution in [3.63, 3.8) is 0 Å². The second kappa shape index (κ2) is 5.66. The molecule has 0 aliphatic rings. The van der Waals surface area contributed by atoms with E-state index >= 15 is 0 Å². The normalized spacial score (nSPS) is 16.7. The van der Waals surface area contributed by atoms with Crippen LogP contribution in [0.3, 0.4) is 0 Å². The van der Waals surface area contributed by atoms with E-state index in [1.807, 2.05) is 13.8 Å². The van der Waals surface area contributed by atoms with Crippen LogP contribution in [0.2, 0.25) is 0 Å². The van der Waals surface area contributed by atoms with E-state index in [0.717, 1.165) is 0 Å². The summed E-state index contributed by atoms with van der Waals surface area (Å²) in [6, 6.07) is 0. The molecule has 14 heavy (non-hydrogen) atoms. The molecule has 0 spiro atoms. The molecular weight excluding hydrogens is 182 g/mol. The second-order valence-corrected chi connectivity index (χ2v) is 4.19. The van der Waals surface area contributed by atoms with E-state index in [-0.39, 0.29) is 13.2 Å². The highest BCUT2D eigenvalue weighted by molar-refractivity contribution is 4.81. The molecule has 1 atom stereocenters. The Bertz CT molecular complexity index is 155. The lowest BCUT2D eigenvalue weighted by Crippen LogP contribution is -2.47. The third-order valence-electron chi connectivity index (χ3n) is 2.62. The minimum atomic E-state index is -1.11. The molecule has 0 fully saturated rings. The Morgan fingerprint density at radius 3 is 1.93 bits per heavy atom. The predicted octanol–water partition coefficient (Wildman–Crippen LogP) is -0.130. The maximum Gasteiger partial charge on any atom is 0.0972 e. The fraction of sp³-hybridized carbons (Fsp3) is 1.00. The maximum atomic E-state index is 9.89. The van der Waals surface area contributed by atoms with Gasteiger partial charge < -0.3 is 20.6 Å². The minimum absolute atomic E-state index is 0.281. The first kappa shape index (κ1) is 13.8. The van der Waals surface area contributed by atoms with E-state index < -0.39 is 11.2 Å². The number of rotatable bonds is 7. The van der Waals surface area contributed by atoms with E-state index in [9.17, 15) is 10.2 Å². The Morgan fingerprint density at radius 2 is 1.57 bits per heavy atom. The summed E-state index contributed by atoms with van der Waals surface area (Å²) in [4.78, 5) is 0. The zero-order valence-corrected chi connectivity index (χ0v) is 9.38. The van der Waals surface area contributed by atoms with Crippen molar-refractivity contribution in [2.75, 3.05) is 19.7 Å². The van der Waals surface area contributed by atoms with Gasteiger partial charge in [0.15, 0.2) is 0 Å². The molecule has 4 nitrogen and oxygen atoms in total. The van der Waals surface area contributed by atoms with Crippen LogP contribution in [0.5, 0.6) is 0 Å². The van der Waals surface area contributed by atoms with Crippen molar-refractivity contribution in [2.24, 2.45) is 0 Å². The molecule has 4 heteroatoms. The molecule has 0 aromatic carbocycles. The average Bonchev–Trinajstić information content (AvgIpc) is 2.17. The van der Waals surface area contributed by atoms with Gasteiger partial charge in [0.1, 0.15) is 0 Å². The average molecular weight is 205 g/mol. The Labute approximate surface area is 86.0 Å². The Balaban J connectivity index is 3.83. The van der Waals surface area contributed by atoms with E-state index in [2.05, 4.69) is 5.32 Å². The van der Waals surface area contributed by atoms with Crippen LogP contribution >= 0.6 is 0 Å². The Hall–Kier alpha value is -0.160. The second-order valence-electron chi connectivity index (χ2n) is 4.19. The van der Waals surface area contributed by atoms with E-state index in [0.29, 0.717) is 19.4 Å². The lowest BCUT2D eigenvalue weighted by atomic mass is 9.97. The molecule has 0 aromatic rings. The molecule has 0 aliphatic heterocycles. The Morgan fingerprint density at radius 1 is 1.07 bits per heavy atom. The standard InChI is InChI=1S/C10H23NO3/c1-4-10(14,5-2)7-11-6-9(3,13)8-12/h11-14H,4-8H2,1-3H3. The van der Waals surface area contributed by atoms with Crippen molar-refractivity contribution in [3.05, 3.63) is 0 Å². The topological polar surface area (TPSA) is 72.7 Å². The van der Waals surface area contributed by atoms with Gasteiger partial charge in [0.25, 0.3) is 0 Å². The fourth-order valence-corrected chi connectivity index (χ4v) is 1.12.